The molecule has 0 spiro atoms. The first kappa shape index (κ1) is 17.8. The molecule has 3 rings (SSSR count). The number of benzene rings is 2. The van der Waals surface area contributed by atoms with Crippen molar-refractivity contribution in [2.75, 3.05) is 6.54 Å². The van der Waals surface area contributed by atoms with Crippen LogP contribution in [0.4, 0.5) is 0 Å². The van der Waals surface area contributed by atoms with Gasteiger partial charge in [-0.3, -0.25) is 4.79 Å². The number of aliphatic hydroxyl groups excluding tert-OH is 1. The van der Waals surface area contributed by atoms with Crippen molar-refractivity contribution in [1.82, 2.24) is 15.3 Å². The van der Waals surface area contributed by atoms with E-state index in [4.69, 9.17) is 0 Å². The van der Waals surface area contributed by atoms with E-state index < -0.39 is 6.10 Å². The Morgan fingerprint density at radius 3 is 2.50 bits per heavy atom. The third kappa shape index (κ3) is 4.13. The SMILES string of the molecule is Cc1cc(C)cc([C@H](O)CNC(=O)c2cncnc2-c2ccccc2)c1. The largest absolute Gasteiger partial charge is 0.387 e. The molecule has 0 fully saturated rings. The Kier molecular flexibility index (Phi) is 5.39. The Balaban J connectivity index is 1.75. The molecular formula is C21H21N3O2. The fourth-order valence-corrected chi connectivity index (χ4v) is 2.93. The molecule has 26 heavy (non-hydrogen) atoms. The molecule has 0 aliphatic heterocycles. The summed E-state index contributed by atoms with van der Waals surface area (Å²) in [6.45, 7) is 4.08. The van der Waals surface area contributed by atoms with E-state index in [1.165, 1.54) is 12.5 Å². The highest BCUT2D eigenvalue weighted by Gasteiger charge is 2.16. The van der Waals surface area contributed by atoms with Gasteiger partial charge in [0.1, 0.15) is 6.33 Å². The van der Waals surface area contributed by atoms with Gasteiger partial charge in [-0.1, -0.05) is 59.7 Å². The van der Waals surface area contributed by atoms with Crippen molar-refractivity contribution in [2.45, 2.75) is 20.0 Å². The smallest absolute Gasteiger partial charge is 0.255 e. The van der Waals surface area contributed by atoms with Crippen LogP contribution in [0.15, 0.2) is 61.1 Å². The van der Waals surface area contributed by atoms with Gasteiger partial charge in [-0.25, -0.2) is 9.97 Å². The van der Waals surface area contributed by atoms with E-state index in [1.807, 2.05) is 62.4 Å². The molecule has 0 saturated heterocycles. The Morgan fingerprint density at radius 2 is 1.81 bits per heavy atom. The van der Waals surface area contributed by atoms with Gasteiger partial charge >= 0.3 is 0 Å². The summed E-state index contributed by atoms with van der Waals surface area (Å²) in [5, 5.41) is 13.2. The number of hydrogen-bond acceptors (Lipinski definition) is 4. The first-order valence-electron chi connectivity index (χ1n) is 8.44. The van der Waals surface area contributed by atoms with Gasteiger partial charge in [0.15, 0.2) is 0 Å². The third-order valence-corrected chi connectivity index (χ3v) is 4.09. The van der Waals surface area contributed by atoms with Crippen LogP contribution in [0.25, 0.3) is 11.3 Å². The van der Waals surface area contributed by atoms with Crippen molar-refractivity contribution in [3.8, 4) is 11.3 Å². The maximum Gasteiger partial charge on any atom is 0.255 e. The predicted molar refractivity (Wildman–Crippen MR) is 101 cm³/mol. The molecule has 2 N–H and O–H groups in total. The Morgan fingerprint density at radius 1 is 1.12 bits per heavy atom. The lowest BCUT2D eigenvalue weighted by Crippen LogP contribution is -2.29. The number of amides is 1. The van der Waals surface area contributed by atoms with Gasteiger partial charge in [-0.2, -0.15) is 0 Å². The molecule has 3 aromatic rings. The second-order valence-corrected chi connectivity index (χ2v) is 6.30. The summed E-state index contributed by atoms with van der Waals surface area (Å²) in [6.07, 6.45) is 2.14. The van der Waals surface area contributed by atoms with Crippen LogP contribution in [-0.2, 0) is 0 Å². The minimum Gasteiger partial charge on any atom is -0.387 e. The summed E-state index contributed by atoms with van der Waals surface area (Å²) in [5.74, 6) is -0.312. The van der Waals surface area contributed by atoms with Crippen LogP contribution in [0.2, 0.25) is 0 Å². The number of nitrogens with zero attached hydrogens (tertiary/aromatic N) is 2. The first-order valence-corrected chi connectivity index (χ1v) is 8.44. The zero-order valence-corrected chi connectivity index (χ0v) is 14.8. The van der Waals surface area contributed by atoms with Crippen LogP contribution in [0.5, 0.6) is 0 Å². The van der Waals surface area contributed by atoms with Crippen molar-refractivity contribution in [3.63, 3.8) is 0 Å². The molecule has 5 heteroatoms. The van der Waals surface area contributed by atoms with Gasteiger partial charge in [0.25, 0.3) is 5.91 Å². The van der Waals surface area contributed by atoms with Crippen LogP contribution >= 0.6 is 0 Å². The summed E-state index contributed by atoms with van der Waals surface area (Å²) < 4.78 is 0. The molecule has 0 aliphatic carbocycles. The lowest BCUT2D eigenvalue weighted by Gasteiger charge is -2.14. The van der Waals surface area contributed by atoms with Crippen molar-refractivity contribution in [3.05, 3.63) is 83.3 Å². The number of aryl methyl sites for hydroxylation is 2. The standard InChI is InChI=1S/C21H21N3O2/c1-14-8-15(2)10-17(9-14)19(25)12-23-21(26)18-11-22-13-24-20(18)16-6-4-3-5-7-16/h3-11,13,19,25H,12H2,1-2H3,(H,23,26)/t19-/m1/s1. The lowest BCUT2D eigenvalue weighted by atomic mass is 10.0. The number of rotatable bonds is 5. The van der Waals surface area contributed by atoms with E-state index in [0.717, 1.165) is 22.3 Å². The summed E-state index contributed by atoms with van der Waals surface area (Å²) in [7, 11) is 0. The molecule has 5 nitrogen and oxygen atoms in total. The average molecular weight is 347 g/mol. The average Bonchev–Trinajstić information content (AvgIpc) is 2.65. The highest BCUT2D eigenvalue weighted by molar-refractivity contribution is 5.99. The maximum absolute atomic E-state index is 12.6. The van der Waals surface area contributed by atoms with Crippen LogP contribution in [-0.4, -0.2) is 27.5 Å². The molecule has 1 heterocycles. The van der Waals surface area contributed by atoms with Gasteiger partial charge in [0, 0.05) is 18.3 Å². The summed E-state index contributed by atoms with van der Waals surface area (Å²) >= 11 is 0. The van der Waals surface area contributed by atoms with Crippen LogP contribution in [0.1, 0.15) is 33.2 Å². The second kappa shape index (κ2) is 7.89. The van der Waals surface area contributed by atoms with Crippen molar-refractivity contribution in [2.24, 2.45) is 0 Å². The van der Waals surface area contributed by atoms with Crippen LogP contribution < -0.4 is 5.32 Å². The quantitative estimate of drug-likeness (QED) is 0.743. The van der Waals surface area contributed by atoms with E-state index in [1.54, 1.807) is 0 Å². The normalized spacial score (nSPS) is 11.8. The molecule has 0 radical (unpaired) electrons. The summed E-state index contributed by atoms with van der Waals surface area (Å²) in [4.78, 5) is 20.8. The molecule has 1 atom stereocenters. The maximum atomic E-state index is 12.6. The molecular weight excluding hydrogens is 326 g/mol. The van der Waals surface area contributed by atoms with Gasteiger partial charge in [0.05, 0.1) is 17.4 Å². The highest BCUT2D eigenvalue weighted by Crippen LogP contribution is 2.20. The monoisotopic (exact) mass is 347 g/mol. The Labute approximate surface area is 152 Å². The number of hydrogen-bond donors (Lipinski definition) is 2. The lowest BCUT2D eigenvalue weighted by molar-refractivity contribution is 0.0916. The molecule has 0 aliphatic rings. The number of carbonyl (C=O) groups excluding carboxylic acids is 1. The molecule has 132 valence electrons. The Hall–Kier alpha value is -3.05. The van der Waals surface area contributed by atoms with Crippen molar-refractivity contribution >= 4 is 5.91 Å². The molecule has 0 bridgehead atoms. The minimum atomic E-state index is -0.776. The minimum absolute atomic E-state index is 0.116. The van der Waals surface area contributed by atoms with Crippen molar-refractivity contribution in [1.29, 1.82) is 0 Å². The van der Waals surface area contributed by atoms with Gasteiger partial charge in [-0.15, -0.1) is 0 Å². The van der Waals surface area contributed by atoms with E-state index in [0.29, 0.717) is 11.3 Å². The predicted octanol–water partition coefficient (Wildman–Crippen LogP) is 3.22. The molecule has 0 unspecified atom stereocenters. The fourth-order valence-electron chi connectivity index (χ4n) is 2.93. The van der Waals surface area contributed by atoms with E-state index in [9.17, 15) is 9.90 Å². The van der Waals surface area contributed by atoms with Crippen LogP contribution in [0, 0.1) is 13.8 Å². The Bertz CT molecular complexity index is 890. The van der Waals surface area contributed by atoms with E-state index in [-0.39, 0.29) is 12.5 Å². The number of nitrogens with one attached hydrogen (secondary N) is 1. The number of carbonyl (C=O) groups is 1. The van der Waals surface area contributed by atoms with Gasteiger partial charge in [0.2, 0.25) is 0 Å². The van der Waals surface area contributed by atoms with Gasteiger partial charge in [-0.05, 0) is 19.4 Å². The van der Waals surface area contributed by atoms with Crippen molar-refractivity contribution < 1.29 is 9.90 Å². The summed E-state index contributed by atoms with van der Waals surface area (Å²) in [6, 6.07) is 15.4. The molecule has 2 aromatic carbocycles. The van der Waals surface area contributed by atoms with E-state index >= 15 is 0 Å². The number of aliphatic hydroxyl groups is 1. The molecule has 0 saturated carbocycles. The number of aromatic nitrogens is 2. The van der Waals surface area contributed by atoms with Crippen LogP contribution in [0.3, 0.4) is 0 Å². The zero-order chi connectivity index (χ0) is 18.5. The zero-order valence-electron chi connectivity index (χ0n) is 14.8. The third-order valence-electron chi connectivity index (χ3n) is 4.09. The first-order chi connectivity index (χ1) is 12.5. The fraction of sp³-hybridized carbons (Fsp3) is 0.190. The van der Waals surface area contributed by atoms with E-state index in [2.05, 4.69) is 15.3 Å². The second-order valence-electron chi connectivity index (χ2n) is 6.30. The highest BCUT2D eigenvalue weighted by atomic mass is 16.3. The summed E-state index contributed by atoms with van der Waals surface area (Å²) in [5.41, 5.74) is 4.73. The van der Waals surface area contributed by atoms with Gasteiger partial charge < -0.3 is 10.4 Å². The molecule has 1 amide bonds. The molecule has 1 aromatic heterocycles. The topological polar surface area (TPSA) is 75.1 Å².